The summed E-state index contributed by atoms with van der Waals surface area (Å²) >= 11 is 0. The lowest BCUT2D eigenvalue weighted by Crippen LogP contribution is -2.12. The van der Waals surface area contributed by atoms with Crippen LogP contribution < -0.4 is 16.2 Å². The minimum atomic E-state index is -0.545. The molecular formula is C17H20N2O2. The van der Waals surface area contributed by atoms with Gasteiger partial charge < -0.3 is 16.2 Å². The molecule has 0 radical (unpaired) electrons. The predicted molar refractivity (Wildman–Crippen MR) is 84.6 cm³/mol. The highest BCUT2D eigenvalue weighted by Crippen LogP contribution is 2.29. The first kappa shape index (κ1) is 14.9. The summed E-state index contributed by atoms with van der Waals surface area (Å²) in [6, 6.07) is 12.5. The molecule has 1 amide bonds. The number of nitrogens with two attached hydrogens (primary N) is 2. The molecule has 4 N–H and O–H groups in total. The van der Waals surface area contributed by atoms with Crippen molar-refractivity contribution in [2.75, 3.05) is 5.73 Å². The predicted octanol–water partition coefficient (Wildman–Crippen LogP) is 3.46. The zero-order valence-corrected chi connectivity index (χ0v) is 12.5. The van der Waals surface area contributed by atoms with Gasteiger partial charge in [0, 0.05) is 11.8 Å². The summed E-state index contributed by atoms with van der Waals surface area (Å²) in [6.07, 6.45) is 0. The Morgan fingerprint density at radius 3 is 2.19 bits per heavy atom. The molecule has 0 saturated carbocycles. The van der Waals surface area contributed by atoms with Gasteiger partial charge in [-0.05, 0) is 35.2 Å². The SMILES string of the molecule is CC(C)(C)c1ccc(Oc2cc(N)ccc2C(N)=O)cc1. The van der Waals surface area contributed by atoms with Gasteiger partial charge in [-0.2, -0.15) is 0 Å². The van der Waals surface area contributed by atoms with Crippen LogP contribution in [0.2, 0.25) is 0 Å². The van der Waals surface area contributed by atoms with Crippen LogP contribution in [-0.4, -0.2) is 5.91 Å². The number of ether oxygens (including phenoxy) is 1. The molecule has 0 aliphatic rings. The molecule has 0 saturated heterocycles. The molecule has 110 valence electrons. The van der Waals surface area contributed by atoms with Gasteiger partial charge in [0.05, 0.1) is 5.56 Å². The Hall–Kier alpha value is -2.49. The summed E-state index contributed by atoms with van der Waals surface area (Å²) in [5.41, 5.74) is 13.2. The van der Waals surface area contributed by atoms with Crippen LogP contribution in [-0.2, 0) is 5.41 Å². The van der Waals surface area contributed by atoms with Crippen molar-refractivity contribution in [3.8, 4) is 11.5 Å². The van der Waals surface area contributed by atoms with E-state index in [0.717, 1.165) is 0 Å². The first-order valence-corrected chi connectivity index (χ1v) is 6.75. The number of nitrogen functional groups attached to an aromatic ring is 1. The minimum absolute atomic E-state index is 0.0775. The molecule has 2 rings (SSSR count). The van der Waals surface area contributed by atoms with Crippen LogP contribution in [0.5, 0.6) is 11.5 Å². The van der Waals surface area contributed by atoms with Gasteiger partial charge in [0.25, 0.3) is 5.91 Å². The third-order valence-electron chi connectivity index (χ3n) is 3.22. The highest BCUT2D eigenvalue weighted by Gasteiger charge is 2.14. The average molecular weight is 284 g/mol. The quantitative estimate of drug-likeness (QED) is 0.847. The molecular weight excluding hydrogens is 264 g/mol. The molecule has 4 nitrogen and oxygen atoms in total. The number of primary amides is 1. The highest BCUT2D eigenvalue weighted by atomic mass is 16.5. The van der Waals surface area contributed by atoms with Crippen LogP contribution in [0, 0.1) is 0 Å². The number of benzene rings is 2. The Morgan fingerprint density at radius 1 is 1.05 bits per heavy atom. The van der Waals surface area contributed by atoms with Crippen LogP contribution >= 0.6 is 0 Å². The fourth-order valence-corrected chi connectivity index (χ4v) is 1.98. The van der Waals surface area contributed by atoms with Crippen molar-refractivity contribution >= 4 is 11.6 Å². The summed E-state index contributed by atoms with van der Waals surface area (Å²) in [6.45, 7) is 6.43. The molecule has 4 heteroatoms. The Balaban J connectivity index is 2.30. The second kappa shape index (κ2) is 5.48. The normalized spacial score (nSPS) is 11.2. The monoisotopic (exact) mass is 284 g/mol. The standard InChI is InChI=1S/C17H20N2O2/c1-17(2,3)11-4-7-13(8-5-11)21-15-10-12(18)6-9-14(15)16(19)20/h4-10H,18H2,1-3H3,(H2,19,20). The number of anilines is 1. The molecule has 2 aromatic rings. The Bertz CT molecular complexity index is 655. The fraction of sp³-hybridized carbons (Fsp3) is 0.235. The molecule has 0 atom stereocenters. The summed E-state index contributed by atoms with van der Waals surface area (Å²) in [4.78, 5) is 11.4. The van der Waals surface area contributed by atoms with Gasteiger partial charge in [-0.25, -0.2) is 0 Å². The maximum absolute atomic E-state index is 11.4. The average Bonchev–Trinajstić information content (AvgIpc) is 2.38. The van der Waals surface area contributed by atoms with E-state index >= 15 is 0 Å². The summed E-state index contributed by atoms with van der Waals surface area (Å²) in [5, 5.41) is 0. The van der Waals surface area contributed by atoms with Crippen molar-refractivity contribution < 1.29 is 9.53 Å². The molecule has 0 aromatic heterocycles. The second-order valence-corrected chi connectivity index (χ2v) is 6.00. The lowest BCUT2D eigenvalue weighted by Gasteiger charge is -2.19. The third kappa shape index (κ3) is 3.54. The van der Waals surface area contributed by atoms with E-state index in [1.165, 1.54) is 5.56 Å². The van der Waals surface area contributed by atoms with Crippen molar-refractivity contribution in [1.29, 1.82) is 0 Å². The van der Waals surface area contributed by atoms with E-state index in [2.05, 4.69) is 20.8 Å². The van der Waals surface area contributed by atoms with E-state index in [9.17, 15) is 4.79 Å². The molecule has 0 aliphatic carbocycles. The number of hydrogen-bond donors (Lipinski definition) is 2. The van der Waals surface area contributed by atoms with E-state index in [1.807, 2.05) is 24.3 Å². The van der Waals surface area contributed by atoms with Gasteiger partial charge in [0.1, 0.15) is 11.5 Å². The summed E-state index contributed by atoms with van der Waals surface area (Å²) < 4.78 is 5.74. The van der Waals surface area contributed by atoms with E-state index in [-0.39, 0.29) is 5.41 Å². The molecule has 0 heterocycles. The number of amides is 1. The number of carbonyl (C=O) groups excluding carboxylic acids is 1. The van der Waals surface area contributed by atoms with Crippen LogP contribution in [0.25, 0.3) is 0 Å². The third-order valence-corrected chi connectivity index (χ3v) is 3.22. The van der Waals surface area contributed by atoms with Crippen molar-refractivity contribution in [2.24, 2.45) is 5.73 Å². The number of hydrogen-bond acceptors (Lipinski definition) is 3. The smallest absolute Gasteiger partial charge is 0.252 e. The first-order valence-electron chi connectivity index (χ1n) is 6.75. The van der Waals surface area contributed by atoms with Gasteiger partial charge in [0.2, 0.25) is 0 Å². The van der Waals surface area contributed by atoms with Crippen LogP contribution in [0.3, 0.4) is 0 Å². The highest BCUT2D eigenvalue weighted by molar-refractivity contribution is 5.96. The number of rotatable bonds is 3. The van der Waals surface area contributed by atoms with Gasteiger partial charge in [0.15, 0.2) is 0 Å². The Morgan fingerprint density at radius 2 is 1.67 bits per heavy atom. The second-order valence-electron chi connectivity index (χ2n) is 6.00. The largest absolute Gasteiger partial charge is 0.456 e. The molecule has 0 unspecified atom stereocenters. The van der Waals surface area contributed by atoms with E-state index in [4.69, 9.17) is 16.2 Å². The zero-order chi connectivity index (χ0) is 15.6. The molecule has 0 fully saturated rings. The molecule has 0 aliphatic heterocycles. The molecule has 21 heavy (non-hydrogen) atoms. The molecule has 0 spiro atoms. The van der Waals surface area contributed by atoms with Crippen LogP contribution in [0.1, 0.15) is 36.7 Å². The maximum Gasteiger partial charge on any atom is 0.252 e. The summed E-state index contributed by atoms with van der Waals surface area (Å²) in [7, 11) is 0. The topological polar surface area (TPSA) is 78.3 Å². The van der Waals surface area contributed by atoms with Crippen LogP contribution in [0.15, 0.2) is 42.5 Å². The van der Waals surface area contributed by atoms with Crippen molar-refractivity contribution in [3.05, 3.63) is 53.6 Å². The van der Waals surface area contributed by atoms with E-state index < -0.39 is 5.91 Å². The fourth-order valence-electron chi connectivity index (χ4n) is 1.98. The number of carbonyl (C=O) groups is 1. The Kier molecular flexibility index (Phi) is 3.89. The van der Waals surface area contributed by atoms with Gasteiger partial charge >= 0.3 is 0 Å². The van der Waals surface area contributed by atoms with Gasteiger partial charge in [-0.1, -0.05) is 32.9 Å². The van der Waals surface area contributed by atoms with E-state index in [1.54, 1.807) is 18.2 Å². The lowest BCUT2D eigenvalue weighted by atomic mass is 9.87. The van der Waals surface area contributed by atoms with Crippen molar-refractivity contribution in [2.45, 2.75) is 26.2 Å². The van der Waals surface area contributed by atoms with Crippen molar-refractivity contribution in [3.63, 3.8) is 0 Å². The lowest BCUT2D eigenvalue weighted by molar-refractivity contribution is 0.0998. The summed E-state index contributed by atoms with van der Waals surface area (Å²) in [5.74, 6) is 0.457. The van der Waals surface area contributed by atoms with Crippen LogP contribution in [0.4, 0.5) is 5.69 Å². The molecule has 2 aromatic carbocycles. The minimum Gasteiger partial charge on any atom is -0.456 e. The van der Waals surface area contributed by atoms with Gasteiger partial charge in [-0.3, -0.25) is 4.79 Å². The van der Waals surface area contributed by atoms with E-state index in [0.29, 0.717) is 22.7 Å². The zero-order valence-electron chi connectivity index (χ0n) is 12.5. The Labute approximate surface area is 124 Å². The van der Waals surface area contributed by atoms with Gasteiger partial charge in [-0.15, -0.1) is 0 Å². The maximum atomic E-state index is 11.4. The van der Waals surface area contributed by atoms with Crippen molar-refractivity contribution in [1.82, 2.24) is 0 Å². The molecule has 0 bridgehead atoms. The first-order chi connectivity index (χ1) is 9.77.